The Morgan fingerprint density at radius 2 is 1.44 bits per heavy atom. The molecule has 2 unspecified atom stereocenters. The number of hydrogen-bond acceptors (Lipinski definition) is 3. The zero-order chi connectivity index (χ0) is 6.43. The smallest absolute Gasteiger partial charge is 0.117 e. The molecule has 0 amide bonds. The van der Waals surface area contributed by atoms with Gasteiger partial charge in [-0.2, -0.15) is 0 Å². The van der Waals surface area contributed by atoms with E-state index in [2.05, 4.69) is 0 Å². The van der Waals surface area contributed by atoms with Crippen molar-refractivity contribution in [3.63, 3.8) is 0 Å². The second kappa shape index (κ2) is 1.56. The van der Waals surface area contributed by atoms with E-state index in [1.165, 1.54) is 0 Å². The van der Waals surface area contributed by atoms with Crippen LogP contribution in [0.2, 0.25) is 0 Å². The highest BCUT2D eigenvalue weighted by Gasteiger charge is 2.49. The van der Waals surface area contributed by atoms with Gasteiger partial charge >= 0.3 is 0 Å². The molecule has 0 spiro atoms. The standard InChI is InChI=1S/C6H8O3/c7-3-1-2-4(8)6-5(3)9-6/h1-8H/t3-,4-,5?,6?/m1/s1. The molecule has 3 heteroatoms. The number of aliphatic hydroxyl groups excluding tert-OH is 2. The first-order valence-corrected chi connectivity index (χ1v) is 2.99. The van der Waals surface area contributed by atoms with Crippen LogP contribution in [0.5, 0.6) is 0 Å². The topological polar surface area (TPSA) is 53.0 Å². The third-order valence-corrected chi connectivity index (χ3v) is 1.74. The van der Waals surface area contributed by atoms with E-state index in [-0.39, 0.29) is 12.2 Å². The van der Waals surface area contributed by atoms with E-state index in [0.29, 0.717) is 0 Å². The highest BCUT2D eigenvalue weighted by molar-refractivity contribution is 5.14. The lowest BCUT2D eigenvalue weighted by atomic mass is 10.0. The van der Waals surface area contributed by atoms with Crippen molar-refractivity contribution in [1.29, 1.82) is 0 Å². The molecule has 4 atom stereocenters. The van der Waals surface area contributed by atoms with Crippen LogP contribution in [0.1, 0.15) is 0 Å². The fourth-order valence-corrected chi connectivity index (χ4v) is 1.13. The maximum absolute atomic E-state index is 9.01. The van der Waals surface area contributed by atoms with Crippen molar-refractivity contribution in [2.45, 2.75) is 24.4 Å². The molecule has 0 radical (unpaired) electrons. The molecule has 1 heterocycles. The first kappa shape index (κ1) is 5.41. The molecule has 1 fully saturated rings. The predicted octanol–water partition coefficient (Wildman–Crippen LogP) is -0.955. The van der Waals surface area contributed by atoms with Gasteiger partial charge in [0.25, 0.3) is 0 Å². The number of aliphatic hydroxyl groups is 2. The van der Waals surface area contributed by atoms with E-state index in [9.17, 15) is 0 Å². The number of fused-ring (bicyclic) bond motifs is 1. The monoisotopic (exact) mass is 128 g/mol. The molecule has 2 rings (SSSR count). The van der Waals surface area contributed by atoms with Crippen molar-refractivity contribution in [1.82, 2.24) is 0 Å². The Labute approximate surface area is 52.6 Å². The summed E-state index contributed by atoms with van der Waals surface area (Å²) in [5, 5.41) is 18.0. The van der Waals surface area contributed by atoms with Gasteiger partial charge in [0.05, 0.1) is 0 Å². The van der Waals surface area contributed by atoms with E-state index in [1.807, 2.05) is 0 Å². The van der Waals surface area contributed by atoms with Gasteiger partial charge in [-0.25, -0.2) is 0 Å². The average molecular weight is 128 g/mol. The SMILES string of the molecule is O[C@@H]1C=C[C@@H](O)C2OC21. The molecule has 9 heavy (non-hydrogen) atoms. The summed E-state index contributed by atoms with van der Waals surface area (Å²) in [5.41, 5.74) is 0. The third-order valence-electron chi connectivity index (χ3n) is 1.74. The minimum Gasteiger partial charge on any atom is -0.386 e. The summed E-state index contributed by atoms with van der Waals surface area (Å²) in [6.07, 6.45) is 1.87. The minimum atomic E-state index is -0.501. The van der Waals surface area contributed by atoms with E-state index in [0.717, 1.165) is 0 Å². The summed E-state index contributed by atoms with van der Waals surface area (Å²) >= 11 is 0. The van der Waals surface area contributed by atoms with Crippen LogP contribution in [0.15, 0.2) is 12.2 Å². The lowest BCUT2D eigenvalue weighted by molar-refractivity contribution is 0.173. The summed E-state index contributed by atoms with van der Waals surface area (Å²) in [7, 11) is 0. The molecule has 0 bridgehead atoms. The number of hydrogen-bond donors (Lipinski definition) is 2. The van der Waals surface area contributed by atoms with Crippen molar-refractivity contribution in [3.8, 4) is 0 Å². The Morgan fingerprint density at radius 3 is 1.89 bits per heavy atom. The summed E-state index contributed by atoms with van der Waals surface area (Å²) in [4.78, 5) is 0. The minimum absolute atomic E-state index is 0.134. The fraction of sp³-hybridized carbons (Fsp3) is 0.667. The summed E-state index contributed by atoms with van der Waals surface area (Å²) in [5.74, 6) is 0. The molecule has 1 aliphatic heterocycles. The molecule has 0 aromatic carbocycles. The highest BCUT2D eigenvalue weighted by atomic mass is 16.6. The fourth-order valence-electron chi connectivity index (χ4n) is 1.13. The third kappa shape index (κ3) is 0.694. The van der Waals surface area contributed by atoms with Crippen LogP contribution in [-0.2, 0) is 4.74 Å². The van der Waals surface area contributed by atoms with E-state index in [1.54, 1.807) is 12.2 Å². The summed E-state index contributed by atoms with van der Waals surface area (Å²) < 4.78 is 4.94. The summed E-state index contributed by atoms with van der Waals surface area (Å²) in [6.45, 7) is 0. The van der Waals surface area contributed by atoms with Crippen molar-refractivity contribution >= 4 is 0 Å². The van der Waals surface area contributed by atoms with E-state index in [4.69, 9.17) is 14.9 Å². The van der Waals surface area contributed by atoms with Crippen LogP contribution < -0.4 is 0 Å². The van der Waals surface area contributed by atoms with Gasteiger partial charge < -0.3 is 14.9 Å². The molecular weight excluding hydrogens is 120 g/mol. The van der Waals surface area contributed by atoms with Crippen LogP contribution in [-0.4, -0.2) is 34.6 Å². The lowest BCUT2D eigenvalue weighted by Gasteiger charge is -2.08. The predicted molar refractivity (Wildman–Crippen MR) is 29.8 cm³/mol. The number of epoxide rings is 1. The van der Waals surface area contributed by atoms with E-state index >= 15 is 0 Å². The maximum atomic E-state index is 9.01. The van der Waals surface area contributed by atoms with Crippen molar-refractivity contribution < 1.29 is 14.9 Å². The van der Waals surface area contributed by atoms with Crippen LogP contribution >= 0.6 is 0 Å². The lowest BCUT2D eigenvalue weighted by Crippen LogP contribution is -2.25. The zero-order valence-corrected chi connectivity index (χ0v) is 4.77. The van der Waals surface area contributed by atoms with Gasteiger partial charge in [0.2, 0.25) is 0 Å². The van der Waals surface area contributed by atoms with Gasteiger partial charge in [-0.15, -0.1) is 0 Å². The zero-order valence-electron chi connectivity index (χ0n) is 4.77. The van der Waals surface area contributed by atoms with Gasteiger partial charge in [-0.3, -0.25) is 0 Å². The molecule has 1 saturated heterocycles. The molecule has 0 saturated carbocycles. The normalized spacial score (nSPS) is 54.9. The highest BCUT2D eigenvalue weighted by Crippen LogP contribution is 2.32. The van der Waals surface area contributed by atoms with Crippen LogP contribution in [0.4, 0.5) is 0 Å². The quantitative estimate of drug-likeness (QED) is 0.326. The van der Waals surface area contributed by atoms with Gasteiger partial charge in [0, 0.05) is 0 Å². The van der Waals surface area contributed by atoms with Crippen molar-refractivity contribution in [2.24, 2.45) is 0 Å². The number of rotatable bonds is 0. The maximum Gasteiger partial charge on any atom is 0.117 e. The average Bonchev–Trinajstić information content (AvgIpc) is 2.57. The first-order chi connectivity index (χ1) is 4.29. The molecule has 0 aromatic heterocycles. The molecular formula is C6H8O3. The molecule has 50 valence electrons. The summed E-state index contributed by atoms with van der Waals surface area (Å²) in [6, 6.07) is 0. The van der Waals surface area contributed by atoms with Gasteiger partial charge in [-0.1, -0.05) is 12.2 Å². The Balaban J connectivity index is 2.15. The van der Waals surface area contributed by atoms with Crippen LogP contribution in [0, 0.1) is 0 Å². The molecule has 2 N–H and O–H groups in total. The molecule has 3 nitrogen and oxygen atoms in total. The molecule has 1 aliphatic carbocycles. The Morgan fingerprint density at radius 1 is 1.00 bits per heavy atom. The van der Waals surface area contributed by atoms with Gasteiger partial charge in [0.15, 0.2) is 0 Å². The van der Waals surface area contributed by atoms with Crippen LogP contribution in [0.25, 0.3) is 0 Å². The number of ether oxygens (including phenoxy) is 1. The molecule has 2 aliphatic rings. The Hall–Kier alpha value is -0.380. The van der Waals surface area contributed by atoms with Gasteiger partial charge in [-0.05, 0) is 0 Å². The Bertz CT molecular complexity index is 138. The second-order valence-electron chi connectivity index (χ2n) is 2.43. The first-order valence-electron chi connectivity index (χ1n) is 2.99. The second-order valence-corrected chi connectivity index (χ2v) is 2.43. The molecule has 0 aromatic rings. The van der Waals surface area contributed by atoms with Crippen molar-refractivity contribution in [2.75, 3.05) is 0 Å². The Kier molecular flexibility index (Phi) is 0.939. The van der Waals surface area contributed by atoms with Crippen LogP contribution in [0.3, 0.4) is 0 Å². The van der Waals surface area contributed by atoms with Gasteiger partial charge in [0.1, 0.15) is 24.4 Å². The van der Waals surface area contributed by atoms with Crippen molar-refractivity contribution in [3.05, 3.63) is 12.2 Å². The van der Waals surface area contributed by atoms with E-state index < -0.39 is 12.2 Å². The largest absolute Gasteiger partial charge is 0.386 e.